The van der Waals surface area contributed by atoms with Crippen LogP contribution in [0.5, 0.6) is 0 Å². The van der Waals surface area contributed by atoms with Crippen molar-refractivity contribution < 1.29 is 22.8 Å². The average Bonchev–Trinajstić information content (AvgIpc) is 2.90. The Balaban J connectivity index is 2.07. The van der Waals surface area contributed by atoms with Crippen molar-refractivity contribution in [1.29, 1.82) is 0 Å². The lowest BCUT2D eigenvalue weighted by Gasteiger charge is -2.33. The normalized spacial score (nSPS) is 11.9. The van der Waals surface area contributed by atoms with E-state index in [1.165, 1.54) is 24.0 Å². The number of benzene rings is 3. The predicted octanol–water partition coefficient (Wildman–Crippen LogP) is 4.08. The van der Waals surface area contributed by atoms with Gasteiger partial charge in [0, 0.05) is 30.1 Å². The summed E-state index contributed by atoms with van der Waals surface area (Å²) in [6.07, 6.45) is 1.20. The number of sulfonamides is 1. The van der Waals surface area contributed by atoms with Crippen molar-refractivity contribution in [3.63, 3.8) is 0 Å². The molecule has 0 fully saturated rings. The van der Waals surface area contributed by atoms with Crippen molar-refractivity contribution in [2.24, 2.45) is 0 Å². The first-order chi connectivity index (χ1) is 18.5. The lowest BCUT2D eigenvalue weighted by molar-refractivity contribution is -0.140. The summed E-state index contributed by atoms with van der Waals surface area (Å²) in [5.41, 5.74) is 1.93. The summed E-state index contributed by atoms with van der Waals surface area (Å²) in [6.45, 7) is 2.92. The molecule has 0 radical (unpaired) electrons. The smallest absolute Gasteiger partial charge is 0.244 e. The van der Waals surface area contributed by atoms with Gasteiger partial charge in [-0.25, -0.2) is 8.42 Å². The number of halogens is 1. The summed E-state index contributed by atoms with van der Waals surface area (Å²) in [6, 6.07) is 21.4. The zero-order valence-electron chi connectivity index (χ0n) is 22.1. The maximum absolute atomic E-state index is 14.0. The molecule has 206 valence electrons. The Morgan fingerprint density at radius 2 is 1.62 bits per heavy atom. The fraction of sp³-hybridized carbons (Fsp3) is 0.276. The van der Waals surface area contributed by atoms with Crippen molar-refractivity contribution in [3.05, 3.63) is 101 Å². The number of hydrogen-bond donors (Lipinski definition) is 1. The molecule has 0 aliphatic heterocycles. The highest BCUT2D eigenvalue weighted by molar-refractivity contribution is 7.92. The van der Waals surface area contributed by atoms with Gasteiger partial charge in [-0.1, -0.05) is 72.3 Å². The highest BCUT2D eigenvalue weighted by atomic mass is 35.5. The number of nitrogens with zero attached hydrogens (tertiary/aromatic N) is 2. The molecule has 0 aliphatic rings. The van der Waals surface area contributed by atoms with E-state index in [9.17, 15) is 22.8 Å². The second-order valence-electron chi connectivity index (χ2n) is 9.09. The lowest BCUT2D eigenvalue weighted by Crippen LogP contribution is -2.53. The number of anilines is 1. The monoisotopic (exact) mass is 569 g/mol. The van der Waals surface area contributed by atoms with Gasteiger partial charge in [0.1, 0.15) is 12.6 Å². The molecule has 0 aliphatic carbocycles. The molecule has 2 amide bonds. The van der Waals surface area contributed by atoms with Crippen LogP contribution in [0.2, 0.25) is 5.02 Å². The maximum Gasteiger partial charge on any atom is 0.244 e. The van der Waals surface area contributed by atoms with Crippen LogP contribution in [-0.2, 0) is 32.6 Å². The van der Waals surface area contributed by atoms with E-state index < -0.39 is 28.5 Å². The van der Waals surface area contributed by atoms with E-state index in [0.717, 1.165) is 16.1 Å². The first-order valence-electron chi connectivity index (χ1n) is 12.4. The van der Waals surface area contributed by atoms with Crippen LogP contribution in [0.4, 0.5) is 5.69 Å². The zero-order valence-corrected chi connectivity index (χ0v) is 23.7. The molecular formula is C29H32ClN3O5S. The fourth-order valence-corrected chi connectivity index (χ4v) is 5.19. The molecule has 0 saturated heterocycles. The van der Waals surface area contributed by atoms with Crippen LogP contribution >= 0.6 is 11.6 Å². The highest BCUT2D eigenvalue weighted by Gasteiger charge is 2.33. The Hall–Kier alpha value is -3.69. The number of likely N-dealkylation sites (N-methyl/N-ethyl adjacent to an activating group) is 1. The summed E-state index contributed by atoms with van der Waals surface area (Å²) in [5.74, 6) is -1.21. The second kappa shape index (κ2) is 13.4. The van der Waals surface area contributed by atoms with Gasteiger partial charge in [-0.05, 0) is 43.2 Å². The predicted molar refractivity (Wildman–Crippen MR) is 153 cm³/mol. The SMILES string of the molecule is CCNC(=O)[C@@H](Cc1ccccc1)N(Cc1ccccc1Cl)C(=O)CN(c1cccc(C(C)=O)c1)S(C)(=O)=O. The van der Waals surface area contributed by atoms with Crippen molar-refractivity contribution in [2.45, 2.75) is 32.9 Å². The summed E-state index contributed by atoms with van der Waals surface area (Å²) < 4.78 is 26.6. The second-order valence-corrected chi connectivity index (χ2v) is 11.4. The summed E-state index contributed by atoms with van der Waals surface area (Å²) >= 11 is 6.42. The highest BCUT2D eigenvalue weighted by Crippen LogP contribution is 2.23. The largest absolute Gasteiger partial charge is 0.355 e. The Morgan fingerprint density at radius 3 is 2.23 bits per heavy atom. The fourth-order valence-electron chi connectivity index (χ4n) is 4.15. The van der Waals surface area contributed by atoms with Gasteiger partial charge < -0.3 is 10.2 Å². The quantitative estimate of drug-likeness (QED) is 0.331. The first kappa shape index (κ1) is 29.9. The average molecular weight is 570 g/mol. The Morgan fingerprint density at radius 1 is 0.949 bits per heavy atom. The van der Waals surface area contributed by atoms with Crippen molar-refractivity contribution in [1.82, 2.24) is 10.2 Å². The minimum atomic E-state index is -3.94. The molecule has 1 atom stereocenters. The van der Waals surface area contributed by atoms with Crippen LogP contribution < -0.4 is 9.62 Å². The van der Waals surface area contributed by atoms with E-state index in [1.807, 2.05) is 30.3 Å². The van der Waals surface area contributed by atoms with E-state index >= 15 is 0 Å². The third kappa shape index (κ3) is 8.15. The third-order valence-electron chi connectivity index (χ3n) is 6.14. The van der Waals surface area contributed by atoms with Gasteiger partial charge in [-0.2, -0.15) is 0 Å². The van der Waals surface area contributed by atoms with Gasteiger partial charge in [-0.15, -0.1) is 0 Å². The maximum atomic E-state index is 14.0. The van der Waals surface area contributed by atoms with Crippen LogP contribution in [0.1, 0.15) is 35.3 Å². The van der Waals surface area contributed by atoms with E-state index in [1.54, 1.807) is 43.3 Å². The van der Waals surface area contributed by atoms with E-state index in [4.69, 9.17) is 11.6 Å². The van der Waals surface area contributed by atoms with E-state index in [0.29, 0.717) is 22.7 Å². The van der Waals surface area contributed by atoms with Crippen LogP contribution in [0.3, 0.4) is 0 Å². The minimum absolute atomic E-state index is 0.0156. The molecule has 0 unspecified atom stereocenters. The van der Waals surface area contributed by atoms with E-state index in [2.05, 4.69) is 5.32 Å². The molecule has 8 nitrogen and oxygen atoms in total. The molecule has 0 saturated carbocycles. The van der Waals surface area contributed by atoms with Gasteiger partial charge in [0.15, 0.2) is 5.78 Å². The Bertz CT molecular complexity index is 1430. The van der Waals surface area contributed by atoms with Crippen molar-refractivity contribution in [2.75, 3.05) is 23.7 Å². The number of Topliss-reactive ketones (excluding diaryl/α,β-unsaturated/α-hetero) is 1. The first-order valence-corrected chi connectivity index (χ1v) is 14.7. The van der Waals surface area contributed by atoms with E-state index in [-0.39, 0.29) is 30.3 Å². The van der Waals surface area contributed by atoms with Gasteiger partial charge in [0.25, 0.3) is 0 Å². The molecule has 3 aromatic carbocycles. The number of amides is 2. The number of carbonyl (C=O) groups is 3. The van der Waals surface area contributed by atoms with Crippen LogP contribution in [0.15, 0.2) is 78.9 Å². The molecule has 0 heterocycles. The summed E-state index contributed by atoms with van der Waals surface area (Å²) in [7, 11) is -3.94. The van der Waals surface area contributed by atoms with Crippen LogP contribution in [0, 0.1) is 0 Å². The van der Waals surface area contributed by atoms with Crippen LogP contribution in [-0.4, -0.2) is 56.3 Å². The topological polar surface area (TPSA) is 104 Å². The molecule has 10 heteroatoms. The standard InChI is InChI=1S/C29H32ClN3O5S/c1-4-31-29(36)27(17-22-11-6-5-7-12-22)32(19-24-13-8-9-16-26(24)30)28(35)20-33(39(3,37)38)25-15-10-14-23(18-25)21(2)34/h5-16,18,27H,4,17,19-20H2,1-3H3,(H,31,36)/t27-/m1/s1. The molecule has 1 N–H and O–H groups in total. The number of hydrogen-bond acceptors (Lipinski definition) is 5. The van der Waals surface area contributed by atoms with Crippen molar-refractivity contribution >= 4 is 44.9 Å². The number of rotatable bonds is 12. The number of nitrogens with one attached hydrogen (secondary N) is 1. The minimum Gasteiger partial charge on any atom is -0.355 e. The number of carbonyl (C=O) groups excluding carboxylic acids is 3. The van der Waals surface area contributed by atoms with Gasteiger partial charge in [-0.3, -0.25) is 18.7 Å². The van der Waals surface area contributed by atoms with Crippen LogP contribution in [0.25, 0.3) is 0 Å². The zero-order chi connectivity index (χ0) is 28.6. The molecule has 39 heavy (non-hydrogen) atoms. The molecule has 3 rings (SSSR count). The molecular weight excluding hydrogens is 538 g/mol. The molecule has 3 aromatic rings. The number of ketones is 1. The summed E-state index contributed by atoms with van der Waals surface area (Å²) in [4.78, 5) is 40.6. The summed E-state index contributed by atoms with van der Waals surface area (Å²) in [5, 5.41) is 3.22. The Labute approximate surface area is 234 Å². The lowest BCUT2D eigenvalue weighted by atomic mass is 10.0. The van der Waals surface area contributed by atoms with Crippen molar-refractivity contribution in [3.8, 4) is 0 Å². The molecule has 0 bridgehead atoms. The van der Waals surface area contributed by atoms with Gasteiger partial charge in [0.2, 0.25) is 21.8 Å². The molecule has 0 aromatic heterocycles. The third-order valence-corrected chi connectivity index (χ3v) is 7.65. The van der Waals surface area contributed by atoms with Gasteiger partial charge >= 0.3 is 0 Å². The van der Waals surface area contributed by atoms with Gasteiger partial charge in [0.05, 0.1) is 11.9 Å². The Kier molecular flexibility index (Phi) is 10.3. The molecule has 0 spiro atoms.